The van der Waals surface area contributed by atoms with Crippen LogP contribution < -0.4 is 16.0 Å². The molecule has 2 aromatic rings. The van der Waals surface area contributed by atoms with Gasteiger partial charge in [-0.05, 0) is 18.6 Å². The maximum absolute atomic E-state index is 13.6. The Morgan fingerprint density at radius 3 is 2.34 bits per heavy atom. The van der Waals surface area contributed by atoms with Gasteiger partial charge in [-0.25, -0.2) is 0 Å². The number of ketones is 2. The predicted octanol–water partition coefficient (Wildman–Crippen LogP) is 1.14. The lowest BCUT2D eigenvalue weighted by Gasteiger charge is -2.53. The highest BCUT2D eigenvalue weighted by molar-refractivity contribution is 7.80. The van der Waals surface area contributed by atoms with Gasteiger partial charge in [0.15, 0.2) is 11.6 Å². The Labute approximate surface area is 222 Å². The molecule has 3 aliphatic rings. The lowest BCUT2D eigenvalue weighted by Crippen LogP contribution is -2.65. The SMILES string of the molecule is CC(=O)N1c2cccc(O)c2C(=O)C2C(O)C3C(O)=C(C(N)=O)C(=O)C(NC(=S)c4ccccc4)C3CC21. The van der Waals surface area contributed by atoms with Gasteiger partial charge in [0.2, 0.25) is 5.91 Å². The summed E-state index contributed by atoms with van der Waals surface area (Å²) in [6.45, 7) is 1.30. The Morgan fingerprint density at radius 2 is 1.71 bits per heavy atom. The fourth-order valence-electron chi connectivity index (χ4n) is 6.19. The number of aliphatic hydroxyl groups is 2. The van der Waals surface area contributed by atoms with Crippen molar-refractivity contribution in [3.8, 4) is 5.75 Å². The number of thiocarbonyl (C=S) groups is 1. The van der Waals surface area contributed by atoms with Crippen LogP contribution in [0.2, 0.25) is 0 Å². The van der Waals surface area contributed by atoms with Crippen LogP contribution in [0.3, 0.4) is 0 Å². The number of nitrogens with one attached hydrogen (secondary N) is 1. The van der Waals surface area contributed by atoms with Gasteiger partial charge in [0.25, 0.3) is 5.91 Å². The summed E-state index contributed by atoms with van der Waals surface area (Å²) in [6, 6.07) is 11.0. The van der Waals surface area contributed by atoms with Crippen LogP contribution in [0.25, 0.3) is 0 Å². The molecule has 1 fully saturated rings. The molecule has 11 heteroatoms. The third kappa shape index (κ3) is 3.77. The summed E-state index contributed by atoms with van der Waals surface area (Å²) >= 11 is 5.51. The van der Waals surface area contributed by atoms with Crippen LogP contribution in [0.5, 0.6) is 5.75 Å². The first-order valence-corrected chi connectivity index (χ1v) is 12.4. The van der Waals surface area contributed by atoms with Crippen LogP contribution in [-0.2, 0) is 14.4 Å². The number of aliphatic hydroxyl groups excluding tert-OH is 2. The average Bonchev–Trinajstić information content (AvgIpc) is 2.86. The number of carbonyl (C=O) groups excluding carboxylic acids is 4. The van der Waals surface area contributed by atoms with E-state index >= 15 is 0 Å². The van der Waals surface area contributed by atoms with Gasteiger partial charge in [-0.15, -0.1) is 0 Å². The standard InChI is InChI=1S/C27H25N3O7S/c1-11(31)30-14-8-5-9-16(32)18(14)24(35)19-15(30)10-13-17(22(19)33)23(34)20(26(28)37)25(36)21(13)29-27(38)12-6-3-2-4-7-12/h2-9,13,15,17,19,21-22,32-34H,10H2,1H3,(H2,28,37)(H,29,38). The van der Waals surface area contributed by atoms with E-state index in [0.717, 1.165) is 0 Å². The fourth-order valence-corrected chi connectivity index (χ4v) is 6.45. The second-order valence-corrected chi connectivity index (χ2v) is 10.1. The van der Waals surface area contributed by atoms with E-state index in [2.05, 4.69) is 5.32 Å². The van der Waals surface area contributed by atoms with Crippen molar-refractivity contribution < 1.29 is 34.5 Å². The Morgan fingerprint density at radius 1 is 1.03 bits per heavy atom. The van der Waals surface area contributed by atoms with Gasteiger partial charge in [0.05, 0.1) is 29.3 Å². The van der Waals surface area contributed by atoms with Crippen molar-refractivity contribution >= 4 is 46.3 Å². The summed E-state index contributed by atoms with van der Waals surface area (Å²) in [5, 5.41) is 36.0. The number of rotatable bonds is 3. The number of primary amides is 1. The number of anilines is 1. The second kappa shape index (κ2) is 9.34. The Balaban J connectivity index is 1.64. The summed E-state index contributed by atoms with van der Waals surface area (Å²) in [5.74, 6) is -7.42. The van der Waals surface area contributed by atoms with Gasteiger partial charge in [-0.3, -0.25) is 19.2 Å². The third-order valence-corrected chi connectivity index (χ3v) is 8.08. The van der Waals surface area contributed by atoms with E-state index in [0.29, 0.717) is 5.56 Å². The summed E-state index contributed by atoms with van der Waals surface area (Å²) in [5.41, 5.74) is 5.45. The van der Waals surface area contributed by atoms with Gasteiger partial charge >= 0.3 is 0 Å². The number of aromatic hydroxyl groups is 1. The number of hydrogen-bond donors (Lipinski definition) is 5. The summed E-state index contributed by atoms with van der Waals surface area (Å²) in [6.07, 6.45) is -1.61. The van der Waals surface area contributed by atoms with E-state index in [4.69, 9.17) is 18.0 Å². The molecule has 6 unspecified atom stereocenters. The number of phenols is 1. The molecule has 0 aromatic heterocycles. The molecule has 2 aliphatic carbocycles. The van der Waals surface area contributed by atoms with E-state index in [1.54, 1.807) is 30.3 Å². The molecule has 1 saturated carbocycles. The molecule has 0 saturated heterocycles. The van der Waals surface area contributed by atoms with Crippen molar-refractivity contribution in [2.45, 2.75) is 31.5 Å². The number of fused-ring (bicyclic) bond motifs is 3. The number of hydrogen-bond acceptors (Lipinski definition) is 8. The van der Waals surface area contributed by atoms with Gasteiger partial charge in [-0.2, -0.15) is 0 Å². The summed E-state index contributed by atoms with van der Waals surface area (Å²) in [7, 11) is 0. The molecular weight excluding hydrogens is 510 g/mol. The molecule has 6 N–H and O–H groups in total. The smallest absolute Gasteiger partial charge is 0.255 e. The Bertz CT molecular complexity index is 1420. The van der Waals surface area contributed by atoms with Gasteiger partial charge in [0, 0.05) is 30.4 Å². The Hall–Kier alpha value is -4.09. The minimum atomic E-state index is -1.61. The zero-order valence-corrected chi connectivity index (χ0v) is 21.0. The number of carbonyl (C=O) groups is 4. The van der Waals surface area contributed by atoms with E-state index in [-0.39, 0.29) is 28.4 Å². The van der Waals surface area contributed by atoms with Crippen LogP contribution >= 0.6 is 12.2 Å². The second-order valence-electron chi connectivity index (χ2n) is 9.74. The molecule has 38 heavy (non-hydrogen) atoms. The monoisotopic (exact) mass is 535 g/mol. The van der Waals surface area contributed by atoms with Crippen molar-refractivity contribution in [1.29, 1.82) is 0 Å². The normalized spacial score (nSPS) is 28.2. The van der Waals surface area contributed by atoms with E-state index < -0.39 is 70.7 Å². The first kappa shape index (κ1) is 25.6. The molecule has 1 heterocycles. The molecule has 2 amide bonds. The minimum absolute atomic E-state index is 0.00369. The number of nitrogens with zero attached hydrogens (tertiary/aromatic N) is 1. The number of nitrogens with two attached hydrogens (primary N) is 1. The predicted molar refractivity (Wildman–Crippen MR) is 139 cm³/mol. The first-order valence-electron chi connectivity index (χ1n) is 12.0. The van der Waals surface area contributed by atoms with Crippen molar-refractivity contribution in [2.24, 2.45) is 23.5 Å². The average molecular weight is 536 g/mol. The molecule has 1 aliphatic heterocycles. The quantitative estimate of drug-likeness (QED) is 0.286. The van der Waals surface area contributed by atoms with E-state index in [1.807, 2.05) is 0 Å². The number of amides is 2. The van der Waals surface area contributed by atoms with Crippen molar-refractivity contribution in [3.63, 3.8) is 0 Å². The molecule has 0 spiro atoms. The number of phenolic OH excluding ortho intramolecular Hbond substituents is 1. The molecule has 6 atom stereocenters. The zero-order chi connectivity index (χ0) is 27.5. The number of benzene rings is 2. The van der Waals surface area contributed by atoms with Gasteiger partial charge in [0.1, 0.15) is 22.1 Å². The number of Topliss-reactive ketones (excluding diaryl/α,β-unsaturated/α-hetero) is 2. The van der Waals surface area contributed by atoms with Crippen LogP contribution in [0.4, 0.5) is 5.69 Å². The van der Waals surface area contributed by atoms with Gasteiger partial charge in [-0.1, -0.05) is 48.6 Å². The van der Waals surface area contributed by atoms with Gasteiger partial charge < -0.3 is 31.3 Å². The van der Waals surface area contributed by atoms with E-state index in [1.165, 1.54) is 30.0 Å². The molecule has 10 nitrogen and oxygen atoms in total. The molecule has 2 aromatic carbocycles. The molecular formula is C27H25N3O7S. The highest BCUT2D eigenvalue weighted by Gasteiger charge is 2.59. The molecule has 196 valence electrons. The highest BCUT2D eigenvalue weighted by atomic mass is 32.1. The highest BCUT2D eigenvalue weighted by Crippen LogP contribution is 2.51. The topological polar surface area (TPSA) is 170 Å². The maximum Gasteiger partial charge on any atom is 0.255 e. The largest absolute Gasteiger partial charge is 0.511 e. The van der Waals surface area contributed by atoms with Crippen LogP contribution in [-0.4, -0.2) is 61.9 Å². The van der Waals surface area contributed by atoms with Crippen molar-refractivity contribution in [2.75, 3.05) is 4.90 Å². The summed E-state index contributed by atoms with van der Waals surface area (Å²) in [4.78, 5) is 53.7. The summed E-state index contributed by atoms with van der Waals surface area (Å²) < 4.78 is 0. The van der Waals surface area contributed by atoms with E-state index in [9.17, 15) is 34.5 Å². The molecule has 0 bridgehead atoms. The molecule has 0 radical (unpaired) electrons. The van der Waals surface area contributed by atoms with Crippen molar-refractivity contribution in [1.82, 2.24) is 5.32 Å². The fraction of sp³-hybridized carbons (Fsp3) is 0.296. The van der Waals surface area contributed by atoms with Crippen LogP contribution in [0.1, 0.15) is 29.3 Å². The third-order valence-electron chi connectivity index (χ3n) is 7.72. The first-order chi connectivity index (χ1) is 18.0. The van der Waals surface area contributed by atoms with Crippen LogP contribution in [0.15, 0.2) is 59.9 Å². The lowest BCUT2D eigenvalue weighted by atomic mass is 9.59. The molecule has 5 rings (SSSR count). The lowest BCUT2D eigenvalue weighted by molar-refractivity contribution is -0.127. The van der Waals surface area contributed by atoms with Crippen molar-refractivity contribution in [3.05, 3.63) is 71.0 Å². The Kier molecular flexibility index (Phi) is 6.28. The maximum atomic E-state index is 13.6. The zero-order valence-electron chi connectivity index (χ0n) is 20.2. The van der Waals surface area contributed by atoms with Crippen LogP contribution in [0, 0.1) is 17.8 Å². The minimum Gasteiger partial charge on any atom is -0.511 e.